The maximum absolute atomic E-state index is 5.79. The standard InChI is InChI=1S/C15H15N4O2/c1-20-13-8-11-4-2-6-16-12(11)9-14(13)21-7-3-5-15-17-10-18-19-15/h2,6,8-10H,3,5,7H2,1H3,(H,17,18,19). The van der Waals surface area contributed by atoms with Crippen LogP contribution < -0.4 is 9.47 Å². The molecular weight excluding hydrogens is 268 g/mol. The lowest BCUT2D eigenvalue weighted by molar-refractivity contribution is 0.289. The molecule has 3 aromatic rings. The third-order valence-corrected chi connectivity index (χ3v) is 3.08. The first-order valence-electron chi connectivity index (χ1n) is 6.68. The molecule has 0 fully saturated rings. The Bertz CT molecular complexity index is 713. The van der Waals surface area contributed by atoms with Crippen molar-refractivity contribution in [3.63, 3.8) is 0 Å². The molecule has 6 heteroatoms. The minimum atomic E-state index is 0.562. The third kappa shape index (κ3) is 3.10. The second-order valence-corrected chi connectivity index (χ2v) is 4.48. The summed E-state index contributed by atoms with van der Waals surface area (Å²) in [7, 11) is 1.62. The Kier molecular flexibility index (Phi) is 3.95. The van der Waals surface area contributed by atoms with Gasteiger partial charge in [-0.2, -0.15) is 5.10 Å². The van der Waals surface area contributed by atoms with Crippen LogP contribution in [-0.2, 0) is 6.42 Å². The van der Waals surface area contributed by atoms with Gasteiger partial charge in [-0.3, -0.25) is 10.1 Å². The summed E-state index contributed by atoms with van der Waals surface area (Å²) in [5, 5.41) is 7.60. The summed E-state index contributed by atoms with van der Waals surface area (Å²) in [5.74, 6) is 2.16. The van der Waals surface area contributed by atoms with E-state index in [0.29, 0.717) is 18.1 Å². The number of aryl methyl sites for hydroxylation is 1. The number of hydrogen-bond acceptors (Lipinski definition) is 5. The van der Waals surface area contributed by atoms with E-state index in [-0.39, 0.29) is 0 Å². The Morgan fingerprint density at radius 3 is 3.00 bits per heavy atom. The van der Waals surface area contributed by atoms with Crippen LogP contribution in [0.15, 0.2) is 30.7 Å². The molecule has 6 nitrogen and oxygen atoms in total. The van der Waals surface area contributed by atoms with Crippen LogP contribution in [-0.4, -0.2) is 33.9 Å². The Labute approximate surface area is 122 Å². The van der Waals surface area contributed by atoms with Gasteiger partial charge in [-0.25, -0.2) is 4.98 Å². The van der Waals surface area contributed by atoms with E-state index in [9.17, 15) is 0 Å². The smallest absolute Gasteiger partial charge is 0.163 e. The van der Waals surface area contributed by atoms with E-state index in [1.165, 1.54) is 0 Å². The van der Waals surface area contributed by atoms with Crippen LogP contribution in [0.2, 0.25) is 0 Å². The van der Waals surface area contributed by atoms with Crippen molar-refractivity contribution in [3.8, 4) is 11.5 Å². The van der Waals surface area contributed by atoms with Crippen molar-refractivity contribution in [2.45, 2.75) is 12.8 Å². The summed E-state index contributed by atoms with van der Waals surface area (Å²) in [4.78, 5) is 8.37. The van der Waals surface area contributed by atoms with Gasteiger partial charge in [-0.05, 0) is 24.6 Å². The molecule has 0 aliphatic rings. The number of ether oxygens (including phenoxy) is 2. The first-order valence-corrected chi connectivity index (χ1v) is 6.68. The lowest BCUT2D eigenvalue weighted by atomic mass is 10.2. The monoisotopic (exact) mass is 283 g/mol. The van der Waals surface area contributed by atoms with Gasteiger partial charge in [0.2, 0.25) is 0 Å². The molecule has 0 amide bonds. The van der Waals surface area contributed by atoms with Crippen molar-refractivity contribution in [2.24, 2.45) is 0 Å². The highest BCUT2D eigenvalue weighted by Crippen LogP contribution is 2.31. The highest BCUT2D eigenvalue weighted by Gasteiger charge is 2.08. The molecule has 1 aromatic carbocycles. The maximum Gasteiger partial charge on any atom is 0.163 e. The number of rotatable bonds is 6. The quantitative estimate of drug-likeness (QED) is 0.702. The fourth-order valence-electron chi connectivity index (χ4n) is 2.06. The van der Waals surface area contributed by atoms with Crippen LogP contribution in [0.4, 0.5) is 0 Å². The van der Waals surface area contributed by atoms with Gasteiger partial charge >= 0.3 is 0 Å². The van der Waals surface area contributed by atoms with Gasteiger partial charge in [0.05, 0.1) is 19.2 Å². The number of aromatic nitrogens is 4. The van der Waals surface area contributed by atoms with E-state index in [4.69, 9.17) is 9.47 Å². The molecule has 2 aromatic heterocycles. The molecule has 0 atom stereocenters. The predicted molar refractivity (Wildman–Crippen MR) is 77.3 cm³/mol. The average Bonchev–Trinajstić information content (AvgIpc) is 3.04. The summed E-state index contributed by atoms with van der Waals surface area (Å²) < 4.78 is 11.1. The van der Waals surface area contributed by atoms with Crippen LogP contribution >= 0.6 is 0 Å². The third-order valence-electron chi connectivity index (χ3n) is 3.08. The number of aromatic amines is 1. The SMILES string of the molecule is COc1cc2[c]ccnc2cc1OCCCc1nc[nH]n1. The lowest BCUT2D eigenvalue weighted by Gasteiger charge is -2.11. The number of nitrogens with zero attached hydrogens (tertiary/aromatic N) is 3. The van der Waals surface area contributed by atoms with Gasteiger partial charge in [0, 0.05) is 24.1 Å². The van der Waals surface area contributed by atoms with Gasteiger partial charge in [-0.15, -0.1) is 0 Å². The highest BCUT2D eigenvalue weighted by molar-refractivity contribution is 5.81. The maximum atomic E-state index is 5.79. The summed E-state index contributed by atoms with van der Waals surface area (Å²) in [6, 6.07) is 8.65. The molecular formula is C15H15N4O2. The zero-order valence-corrected chi connectivity index (χ0v) is 11.7. The summed E-state index contributed by atoms with van der Waals surface area (Å²) in [6.07, 6.45) is 4.88. The first kappa shape index (κ1) is 13.4. The van der Waals surface area contributed by atoms with Gasteiger partial charge < -0.3 is 9.47 Å². The average molecular weight is 283 g/mol. The Morgan fingerprint density at radius 2 is 2.19 bits per heavy atom. The highest BCUT2D eigenvalue weighted by atomic mass is 16.5. The van der Waals surface area contributed by atoms with Crippen molar-refractivity contribution in [2.75, 3.05) is 13.7 Å². The molecule has 1 N–H and O–H groups in total. The largest absolute Gasteiger partial charge is 0.493 e. The molecule has 107 valence electrons. The molecule has 2 heterocycles. The lowest BCUT2D eigenvalue weighted by Crippen LogP contribution is -2.02. The fraction of sp³-hybridized carbons (Fsp3) is 0.267. The van der Waals surface area contributed by atoms with E-state index in [2.05, 4.69) is 26.2 Å². The second kappa shape index (κ2) is 6.21. The van der Waals surface area contributed by atoms with E-state index >= 15 is 0 Å². The normalized spacial score (nSPS) is 10.7. The van der Waals surface area contributed by atoms with Gasteiger partial charge in [-0.1, -0.05) is 0 Å². The van der Waals surface area contributed by atoms with Crippen molar-refractivity contribution in [3.05, 3.63) is 42.6 Å². The van der Waals surface area contributed by atoms with Crippen molar-refractivity contribution in [1.82, 2.24) is 20.2 Å². The number of hydrogen-bond donors (Lipinski definition) is 1. The number of fused-ring (bicyclic) bond motifs is 1. The molecule has 0 spiro atoms. The Hall–Kier alpha value is -2.63. The van der Waals surface area contributed by atoms with Gasteiger partial charge in [0.25, 0.3) is 0 Å². The molecule has 0 saturated heterocycles. The van der Waals surface area contributed by atoms with Crippen molar-refractivity contribution < 1.29 is 9.47 Å². The topological polar surface area (TPSA) is 72.9 Å². The molecule has 21 heavy (non-hydrogen) atoms. The Morgan fingerprint density at radius 1 is 1.24 bits per heavy atom. The molecule has 0 bridgehead atoms. The minimum Gasteiger partial charge on any atom is -0.493 e. The predicted octanol–water partition coefficient (Wildman–Crippen LogP) is 2.17. The molecule has 0 aliphatic carbocycles. The zero-order chi connectivity index (χ0) is 14.5. The first-order chi connectivity index (χ1) is 10.4. The van der Waals surface area contributed by atoms with E-state index in [1.54, 1.807) is 25.7 Å². The second-order valence-electron chi connectivity index (χ2n) is 4.48. The van der Waals surface area contributed by atoms with Crippen LogP contribution in [0.3, 0.4) is 0 Å². The van der Waals surface area contributed by atoms with Gasteiger partial charge in [0.15, 0.2) is 11.5 Å². The van der Waals surface area contributed by atoms with E-state index in [0.717, 1.165) is 29.6 Å². The zero-order valence-electron chi connectivity index (χ0n) is 11.7. The molecule has 1 radical (unpaired) electrons. The molecule has 0 unspecified atom stereocenters. The van der Waals surface area contributed by atoms with Crippen LogP contribution in [0.25, 0.3) is 10.9 Å². The minimum absolute atomic E-state index is 0.562. The number of pyridine rings is 1. The molecule has 3 rings (SSSR count). The van der Waals surface area contributed by atoms with Crippen LogP contribution in [0.5, 0.6) is 11.5 Å². The van der Waals surface area contributed by atoms with Crippen molar-refractivity contribution in [1.29, 1.82) is 0 Å². The summed E-state index contributed by atoms with van der Waals surface area (Å²) in [6.45, 7) is 0.562. The van der Waals surface area contributed by atoms with Crippen LogP contribution in [0.1, 0.15) is 12.2 Å². The van der Waals surface area contributed by atoms with E-state index in [1.807, 2.05) is 12.1 Å². The number of benzene rings is 1. The summed E-state index contributed by atoms with van der Waals surface area (Å²) >= 11 is 0. The summed E-state index contributed by atoms with van der Waals surface area (Å²) in [5.41, 5.74) is 0.835. The Balaban J connectivity index is 1.67. The molecule has 0 aliphatic heterocycles. The van der Waals surface area contributed by atoms with Crippen LogP contribution in [0, 0.1) is 6.07 Å². The van der Waals surface area contributed by atoms with E-state index < -0.39 is 0 Å². The van der Waals surface area contributed by atoms with Crippen molar-refractivity contribution >= 4 is 10.9 Å². The number of methoxy groups -OCH3 is 1. The number of nitrogens with one attached hydrogen (secondary N) is 1. The van der Waals surface area contributed by atoms with Gasteiger partial charge in [0.1, 0.15) is 12.2 Å². The number of H-pyrrole nitrogens is 1. The molecule has 0 saturated carbocycles. The fourth-order valence-corrected chi connectivity index (χ4v) is 2.06.